The summed E-state index contributed by atoms with van der Waals surface area (Å²) in [5.74, 6) is -0.0184. The Bertz CT molecular complexity index is 874. The normalized spacial score (nSPS) is 11.6. The number of carbonyl (C=O) groups is 1. The fourth-order valence-corrected chi connectivity index (χ4v) is 3.56. The quantitative estimate of drug-likeness (QED) is 0.688. The number of fused-ring (bicyclic) bond motifs is 1. The first kappa shape index (κ1) is 17.2. The molecular formula is C17H21N5O2Si. The van der Waals surface area contributed by atoms with Crippen molar-refractivity contribution in [3.05, 3.63) is 48.4 Å². The Morgan fingerprint density at radius 3 is 2.68 bits per heavy atom. The fourth-order valence-electron chi connectivity index (χ4n) is 2.36. The zero-order chi connectivity index (χ0) is 17.9. The third-order valence-electron chi connectivity index (χ3n) is 3.61. The third kappa shape index (κ3) is 4.28. The van der Waals surface area contributed by atoms with Gasteiger partial charge in [-0.05, 0) is 5.56 Å². The van der Waals surface area contributed by atoms with Crippen LogP contribution in [-0.2, 0) is 16.1 Å². The SMILES string of the molecule is C[Si](C)(C)n1cnc2cnc(NC(=O)COCc3ccccc3)nc21. The molecule has 0 aliphatic carbocycles. The van der Waals surface area contributed by atoms with E-state index in [1.807, 2.05) is 30.3 Å². The minimum atomic E-state index is -1.64. The molecule has 2 heterocycles. The molecule has 25 heavy (non-hydrogen) atoms. The number of rotatable bonds is 6. The number of hydrogen-bond donors (Lipinski definition) is 1. The summed E-state index contributed by atoms with van der Waals surface area (Å²) in [6.45, 7) is 6.93. The molecule has 130 valence electrons. The number of amides is 1. The zero-order valence-electron chi connectivity index (χ0n) is 14.6. The maximum absolute atomic E-state index is 12.0. The van der Waals surface area contributed by atoms with Crippen LogP contribution in [0.5, 0.6) is 0 Å². The standard InChI is InChI=1S/C17H21N5O2Si/c1-25(2,3)22-12-19-14-9-18-17(21-16(14)22)20-15(23)11-24-10-13-7-5-4-6-8-13/h4-9,12H,10-11H2,1-3H3,(H,18,20,21,23). The molecule has 1 aromatic carbocycles. The molecule has 8 heteroatoms. The number of aromatic nitrogens is 4. The van der Waals surface area contributed by atoms with Crippen molar-refractivity contribution in [2.45, 2.75) is 26.2 Å². The Labute approximate surface area is 147 Å². The summed E-state index contributed by atoms with van der Waals surface area (Å²) >= 11 is 0. The van der Waals surface area contributed by atoms with Gasteiger partial charge in [-0.15, -0.1) is 0 Å². The molecule has 0 fully saturated rings. The van der Waals surface area contributed by atoms with Gasteiger partial charge in [-0.3, -0.25) is 10.1 Å². The number of hydrogen-bond acceptors (Lipinski definition) is 5. The lowest BCUT2D eigenvalue weighted by Crippen LogP contribution is -2.31. The molecule has 0 bridgehead atoms. The Hall–Kier alpha value is -2.58. The average Bonchev–Trinajstić information content (AvgIpc) is 2.99. The van der Waals surface area contributed by atoms with Crippen LogP contribution in [-0.4, -0.2) is 39.9 Å². The van der Waals surface area contributed by atoms with E-state index >= 15 is 0 Å². The van der Waals surface area contributed by atoms with Gasteiger partial charge in [0.1, 0.15) is 12.1 Å². The number of nitrogens with one attached hydrogen (secondary N) is 1. The molecule has 0 aliphatic heterocycles. The highest BCUT2D eigenvalue weighted by Gasteiger charge is 2.20. The van der Waals surface area contributed by atoms with Crippen molar-refractivity contribution in [3.63, 3.8) is 0 Å². The molecule has 0 radical (unpaired) electrons. The molecule has 1 N–H and O–H groups in total. The summed E-state index contributed by atoms with van der Waals surface area (Å²) in [5.41, 5.74) is 2.49. The lowest BCUT2D eigenvalue weighted by atomic mass is 10.2. The summed E-state index contributed by atoms with van der Waals surface area (Å²) in [5, 5.41) is 2.68. The number of imidazole rings is 1. The minimum Gasteiger partial charge on any atom is -0.367 e. The van der Waals surface area contributed by atoms with Crippen molar-refractivity contribution < 1.29 is 9.53 Å². The van der Waals surface area contributed by atoms with Crippen LogP contribution < -0.4 is 5.32 Å². The van der Waals surface area contributed by atoms with E-state index in [0.717, 1.165) is 16.7 Å². The van der Waals surface area contributed by atoms with E-state index in [2.05, 4.69) is 44.1 Å². The maximum atomic E-state index is 12.0. The van der Waals surface area contributed by atoms with E-state index in [9.17, 15) is 4.79 Å². The van der Waals surface area contributed by atoms with Crippen LogP contribution in [0.25, 0.3) is 11.2 Å². The lowest BCUT2D eigenvalue weighted by Gasteiger charge is -2.18. The molecular weight excluding hydrogens is 334 g/mol. The van der Waals surface area contributed by atoms with Gasteiger partial charge in [-0.2, -0.15) is 4.98 Å². The van der Waals surface area contributed by atoms with E-state index in [0.29, 0.717) is 6.61 Å². The summed E-state index contributed by atoms with van der Waals surface area (Å²) in [7, 11) is -1.64. The zero-order valence-corrected chi connectivity index (χ0v) is 15.6. The van der Waals surface area contributed by atoms with Gasteiger partial charge in [-0.1, -0.05) is 50.0 Å². The second-order valence-electron chi connectivity index (χ2n) is 6.71. The van der Waals surface area contributed by atoms with E-state index < -0.39 is 8.24 Å². The molecule has 0 spiro atoms. The first-order valence-corrected chi connectivity index (χ1v) is 11.5. The van der Waals surface area contributed by atoms with Crippen LogP contribution in [0, 0.1) is 0 Å². The Balaban J connectivity index is 1.63. The van der Waals surface area contributed by atoms with Crippen LogP contribution in [0.1, 0.15) is 5.56 Å². The predicted molar refractivity (Wildman–Crippen MR) is 98.8 cm³/mol. The topological polar surface area (TPSA) is 81.9 Å². The molecule has 0 aliphatic rings. The van der Waals surface area contributed by atoms with Gasteiger partial charge < -0.3 is 8.97 Å². The molecule has 0 atom stereocenters. The molecule has 2 aromatic heterocycles. The number of nitrogens with zero attached hydrogens (tertiary/aromatic N) is 4. The Morgan fingerprint density at radius 1 is 1.20 bits per heavy atom. The molecule has 7 nitrogen and oxygen atoms in total. The van der Waals surface area contributed by atoms with E-state index in [-0.39, 0.29) is 18.5 Å². The summed E-state index contributed by atoms with van der Waals surface area (Å²) in [6.07, 6.45) is 3.42. The number of carbonyl (C=O) groups excluding carboxylic acids is 1. The second-order valence-corrected chi connectivity index (χ2v) is 11.5. The van der Waals surface area contributed by atoms with Crippen molar-refractivity contribution in [1.29, 1.82) is 0 Å². The average molecular weight is 355 g/mol. The number of ether oxygens (including phenoxy) is 1. The van der Waals surface area contributed by atoms with Gasteiger partial charge in [-0.25, -0.2) is 9.97 Å². The molecule has 0 unspecified atom stereocenters. The van der Waals surface area contributed by atoms with Crippen LogP contribution >= 0.6 is 0 Å². The van der Waals surface area contributed by atoms with Crippen LogP contribution in [0.2, 0.25) is 19.6 Å². The lowest BCUT2D eigenvalue weighted by molar-refractivity contribution is -0.121. The molecule has 0 saturated carbocycles. The highest BCUT2D eigenvalue weighted by molar-refractivity contribution is 6.75. The summed E-state index contributed by atoms with van der Waals surface area (Å²) in [6, 6.07) is 9.71. The van der Waals surface area contributed by atoms with Gasteiger partial charge in [0.05, 0.1) is 19.1 Å². The highest BCUT2D eigenvalue weighted by Crippen LogP contribution is 2.16. The molecule has 1 amide bonds. The minimum absolute atomic E-state index is 0.0520. The monoisotopic (exact) mass is 355 g/mol. The molecule has 3 aromatic rings. The van der Waals surface area contributed by atoms with Crippen molar-refractivity contribution in [3.8, 4) is 0 Å². The third-order valence-corrected chi connectivity index (χ3v) is 5.38. The van der Waals surface area contributed by atoms with Gasteiger partial charge in [0.2, 0.25) is 5.95 Å². The van der Waals surface area contributed by atoms with Crippen molar-refractivity contribution >= 4 is 31.3 Å². The van der Waals surface area contributed by atoms with Crippen molar-refractivity contribution in [1.82, 2.24) is 19.2 Å². The number of benzene rings is 1. The fraction of sp³-hybridized carbons (Fsp3) is 0.294. The number of anilines is 1. The predicted octanol–water partition coefficient (Wildman–Crippen LogP) is 2.66. The van der Waals surface area contributed by atoms with E-state index in [4.69, 9.17) is 4.74 Å². The van der Waals surface area contributed by atoms with Crippen LogP contribution in [0.4, 0.5) is 5.95 Å². The van der Waals surface area contributed by atoms with Crippen molar-refractivity contribution in [2.75, 3.05) is 11.9 Å². The summed E-state index contributed by atoms with van der Waals surface area (Å²) in [4.78, 5) is 24.9. The largest absolute Gasteiger partial charge is 0.367 e. The second kappa shape index (κ2) is 7.12. The summed E-state index contributed by atoms with van der Waals surface area (Å²) < 4.78 is 7.51. The Morgan fingerprint density at radius 2 is 1.96 bits per heavy atom. The van der Waals surface area contributed by atoms with Gasteiger partial charge in [0.25, 0.3) is 5.91 Å². The van der Waals surface area contributed by atoms with Crippen molar-refractivity contribution in [2.24, 2.45) is 0 Å². The van der Waals surface area contributed by atoms with Gasteiger partial charge in [0.15, 0.2) is 13.9 Å². The van der Waals surface area contributed by atoms with Crippen LogP contribution in [0.3, 0.4) is 0 Å². The first-order chi connectivity index (χ1) is 11.9. The first-order valence-electron chi connectivity index (χ1n) is 8.05. The van der Waals surface area contributed by atoms with Gasteiger partial charge >= 0.3 is 0 Å². The molecule has 0 saturated heterocycles. The molecule has 3 rings (SSSR count). The van der Waals surface area contributed by atoms with E-state index in [1.54, 1.807) is 12.5 Å². The van der Waals surface area contributed by atoms with Gasteiger partial charge in [0, 0.05) is 0 Å². The highest BCUT2D eigenvalue weighted by atomic mass is 28.3. The van der Waals surface area contributed by atoms with E-state index in [1.165, 1.54) is 0 Å². The Kier molecular flexibility index (Phi) is 4.91. The van der Waals surface area contributed by atoms with Crippen LogP contribution in [0.15, 0.2) is 42.9 Å². The smallest absolute Gasteiger partial charge is 0.252 e. The maximum Gasteiger partial charge on any atom is 0.252 e.